The number of fused-ring (bicyclic) bond motifs is 2. The second kappa shape index (κ2) is 11.5. The van der Waals surface area contributed by atoms with Crippen LogP contribution in [0.5, 0.6) is 5.75 Å². The number of hydrogen-bond donors (Lipinski definition) is 1. The van der Waals surface area contributed by atoms with E-state index in [0.29, 0.717) is 29.8 Å². The molecule has 0 unspecified atom stereocenters. The summed E-state index contributed by atoms with van der Waals surface area (Å²) in [5.74, 6) is 3.37. The first-order valence-corrected chi connectivity index (χ1v) is 16.0. The fraction of sp³-hybridized carbons (Fsp3) is 0.342. The molecular formula is C38H39N5O4. The number of aromatic nitrogens is 4. The van der Waals surface area contributed by atoms with Crippen molar-refractivity contribution < 1.29 is 18.9 Å². The maximum Gasteiger partial charge on any atom is 0.205 e. The molecule has 0 radical (unpaired) electrons. The summed E-state index contributed by atoms with van der Waals surface area (Å²) in [5.41, 5.74) is 1.44. The quantitative estimate of drug-likeness (QED) is 0.140. The van der Waals surface area contributed by atoms with Crippen molar-refractivity contribution in [3.05, 3.63) is 114 Å². The summed E-state index contributed by atoms with van der Waals surface area (Å²) in [4.78, 5) is 14.4. The van der Waals surface area contributed by atoms with E-state index in [1.165, 1.54) is 6.33 Å². The highest BCUT2D eigenvalue weighted by Gasteiger charge is 2.71. The van der Waals surface area contributed by atoms with Crippen LogP contribution < -0.4 is 10.1 Å². The van der Waals surface area contributed by atoms with Gasteiger partial charge in [0.15, 0.2) is 29.0 Å². The number of nitrogens with one attached hydrogen (secondary N) is 1. The number of benzene rings is 3. The Morgan fingerprint density at radius 2 is 1.49 bits per heavy atom. The first-order chi connectivity index (χ1) is 22.8. The van der Waals surface area contributed by atoms with Gasteiger partial charge in [0.05, 0.1) is 13.4 Å². The molecule has 2 fully saturated rings. The van der Waals surface area contributed by atoms with E-state index in [0.717, 1.165) is 22.4 Å². The minimum absolute atomic E-state index is 0.481. The Hall–Kier alpha value is -4.75. The van der Waals surface area contributed by atoms with Gasteiger partial charge in [-0.25, -0.2) is 15.0 Å². The molecule has 2 aliphatic rings. The molecule has 5 aromatic rings. The number of terminal acetylenes is 1. The minimum Gasteiger partial charge on any atom is -0.497 e. The monoisotopic (exact) mass is 629 g/mol. The van der Waals surface area contributed by atoms with Gasteiger partial charge in [-0.2, -0.15) is 0 Å². The zero-order valence-corrected chi connectivity index (χ0v) is 27.3. The molecule has 9 heteroatoms. The van der Waals surface area contributed by atoms with Gasteiger partial charge in [-0.15, -0.1) is 6.42 Å². The van der Waals surface area contributed by atoms with E-state index in [1.54, 1.807) is 13.4 Å². The number of anilines is 1. The van der Waals surface area contributed by atoms with E-state index in [-0.39, 0.29) is 0 Å². The lowest BCUT2D eigenvalue weighted by atomic mass is 9.77. The molecule has 9 nitrogen and oxygen atoms in total. The first kappa shape index (κ1) is 30.9. The standard InChI is InChI=1S/C38H39N5O4/c1-7-36(8-2)33-37(9-3,47-35(4,5)45-33)34(46-36)43-25-41-30-31(39-24-40-32(30)43)42-38(26-16-12-10-13-17-26,27-18-14-11-15-19-27)28-20-22-29(44-6)23-21-28/h3,10-25,33-34H,7-8H2,1-2,4-6H3,(H,39,40,42)/t33-,34-,37-/m1/s1. The molecule has 0 bridgehead atoms. The van der Waals surface area contributed by atoms with Crippen LogP contribution in [0.15, 0.2) is 97.6 Å². The van der Waals surface area contributed by atoms with E-state index >= 15 is 0 Å². The number of ether oxygens (including phenoxy) is 4. The van der Waals surface area contributed by atoms with Gasteiger partial charge in [-0.3, -0.25) is 4.57 Å². The zero-order chi connectivity index (χ0) is 32.9. The van der Waals surface area contributed by atoms with Crippen LogP contribution in [0.25, 0.3) is 11.2 Å². The second-order valence-electron chi connectivity index (χ2n) is 12.6. The normalized spacial score (nSPS) is 22.9. The van der Waals surface area contributed by atoms with Gasteiger partial charge >= 0.3 is 0 Å². The molecule has 1 N–H and O–H groups in total. The average molecular weight is 630 g/mol. The third kappa shape index (κ3) is 4.70. The summed E-state index contributed by atoms with van der Waals surface area (Å²) < 4.78 is 27.3. The Kier molecular flexibility index (Phi) is 7.55. The number of hydrogen-bond acceptors (Lipinski definition) is 8. The van der Waals surface area contributed by atoms with Crippen molar-refractivity contribution in [1.82, 2.24) is 19.5 Å². The number of imidazole rings is 1. The summed E-state index contributed by atoms with van der Waals surface area (Å²) in [6.45, 7) is 7.95. The van der Waals surface area contributed by atoms with E-state index in [1.807, 2.05) is 66.9 Å². The molecule has 4 heterocycles. The smallest absolute Gasteiger partial charge is 0.205 e. The average Bonchev–Trinajstić information content (AvgIpc) is 3.75. The highest BCUT2D eigenvalue weighted by Crippen LogP contribution is 2.57. The van der Waals surface area contributed by atoms with Crippen LogP contribution in [-0.4, -0.2) is 49.7 Å². The number of methoxy groups -OCH3 is 1. The van der Waals surface area contributed by atoms with Gasteiger partial charge in [0, 0.05) is 0 Å². The molecule has 0 spiro atoms. The van der Waals surface area contributed by atoms with Crippen LogP contribution >= 0.6 is 0 Å². The van der Waals surface area contributed by atoms with Crippen LogP contribution in [0, 0.1) is 12.3 Å². The highest BCUT2D eigenvalue weighted by molar-refractivity contribution is 5.84. The maximum atomic E-state index is 6.86. The van der Waals surface area contributed by atoms with E-state index in [4.69, 9.17) is 40.3 Å². The van der Waals surface area contributed by atoms with Gasteiger partial charge < -0.3 is 24.3 Å². The molecule has 240 valence electrons. The van der Waals surface area contributed by atoms with Crippen molar-refractivity contribution >= 4 is 17.0 Å². The molecule has 7 rings (SSSR count). The number of rotatable bonds is 9. The summed E-state index contributed by atoms with van der Waals surface area (Å²) in [6.07, 6.45) is 9.73. The van der Waals surface area contributed by atoms with Gasteiger partial charge in [0.1, 0.15) is 29.3 Å². The summed E-state index contributed by atoms with van der Waals surface area (Å²) in [5, 5.41) is 3.84. The van der Waals surface area contributed by atoms with Crippen molar-refractivity contribution in [2.24, 2.45) is 0 Å². The van der Waals surface area contributed by atoms with Gasteiger partial charge in [-0.1, -0.05) is 92.6 Å². The highest BCUT2D eigenvalue weighted by atomic mass is 16.8. The summed E-state index contributed by atoms with van der Waals surface area (Å²) in [6, 6.07) is 28.7. The molecule has 2 saturated heterocycles. The van der Waals surface area contributed by atoms with Crippen molar-refractivity contribution in [2.75, 3.05) is 12.4 Å². The lowest BCUT2D eigenvalue weighted by molar-refractivity contribution is -0.229. The molecule has 3 atom stereocenters. The summed E-state index contributed by atoms with van der Waals surface area (Å²) >= 11 is 0. The van der Waals surface area contributed by atoms with Crippen molar-refractivity contribution in [2.45, 2.75) is 75.4 Å². The van der Waals surface area contributed by atoms with E-state index in [2.05, 4.69) is 61.5 Å². The predicted octanol–water partition coefficient (Wildman–Crippen LogP) is 6.85. The Bertz CT molecular complexity index is 1880. The fourth-order valence-corrected chi connectivity index (χ4v) is 7.36. The lowest BCUT2D eigenvalue weighted by Crippen LogP contribution is -2.47. The van der Waals surface area contributed by atoms with Crippen LogP contribution in [0.2, 0.25) is 0 Å². The molecule has 0 saturated carbocycles. The molecule has 47 heavy (non-hydrogen) atoms. The van der Waals surface area contributed by atoms with E-state index < -0.39 is 34.9 Å². The molecule has 3 aromatic carbocycles. The third-order valence-electron chi connectivity index (χ3n) is 9.67. The zero-order valence-electron chi connectivity index (χ0n) is 27.3. The largest absolute Gasteiger partial charge is 0.497 e. The molecule has 0 amide bonds. The maximum absolute atomic E-state index is 6.86. The van der Waals surface area contributed by atoms with Crippen LogP contribution in [-0.2, 0) is 19.7 Å². The fourth-order valence-electron chi connectivity index (χ4n) is 7.36. The molecule has 2 aromatic heterocycles. The summed E-state index contributed by atoms with van der Waals surface area (Å²) in [7, 11) is 1.66. The first-order valence-electron chi connectivity index (χ1n) is 16.0. The molecule has 0 aliphatic carbocycles. The Balaban J connectivity index is 1.41. The SMILES string of the molecule is C#C[C@@]12OC(C)(C)O[C@@H]1C(CC)(CC)O[C@H]2n1cnc2c(NC(c3ccccc3)(c3ccccc3)c3ccc(OC)cc3)ncnc21. The van der Waals surface area contributed by atoms with Crippen molar-refractivity contribution in [3.63, 3.8) is 0 Å². The van der Waals surface area contributed by atoms with Gasteiger partial charge in [-0.05, 0) is 55.5 Å². The second-order valence-corrected chi connectivity index (χ2v) is 12.6. The Morgan fingerprint density at radius 1 is 0.872 bits per heavy atom. The van der Waals surface area contributed by atoms with Gasteiger partial charge in [0.25, 0.3) is 0 Å². The lowest BCUT2D eigenvalue weighted by Gasteiger charge is -2.37. The Labute approximate surface area is 275 Å². The van der Waals surface area contributed by atoms with Gasteiger partial charge in [0.2, 0.25) is 5.60 Å². The molecular weight excluding hydrogens is 590 g/mol. The molecule has 2 aliphatic heterocycles. The van der Waals surface area contributed by atoms with E-state index in [9.17, 15) is 0 Å². The predicted molar refractivity (Wildman–Crippen MR) is 180 cm³/mol. The topological polar surface area (TPSA) is 92.6 Å². The van der Waals surface area contributed by atoms with Crippen LogP contribution in [0.1, 0.15) is 63.5 Å². The van der Waals surface area contributed by atoms with Crippen molar-refractivity contribution in [1.29, 1.82) is 0 Å². The number of nitrogens with zero attached hydrogens (tertiary/aromatic N) is 4. The minimum atomic E-state index is -1.19. The Morgan fingerprint density at radius 3 is 2.06 bits per heavy atom. The van der Waals surface area contributed by atoms with Crippen LogP contribution in [0.3, 0.4) is 0 Å². The van der Waals surface area contributed by atoms with Crippen LogP contribution in [0.4, 0.5) is 5.82 Å². The van der Waals surface area contributed by atoms with Crippen molar-refractivity contribution in [3.8, 4) is 18.1 Å². The third-order valence-corrected chi connectivity index (χ3v) is 9.67.